The van der Waals surface area contributed by atoms with E-state index in [1.807, 2.05) is 32.6 Å². The Bertz CT molecular complexity index is 1630. The molecule has 1 heterocycles. The van der Waals surface area contributed by atoms with Crippen LogP contribution in [0.5, 0.6) is 11.5 Å². The van der Waals surface area contributed by atoms with E-state index in [9.17, 15) is 42.8 Å². The predicted octanol–water partition coefficient (Wildman–Crippen LogP) is 7.57. The average molecular weight is 627 g/mol. The number of rotatable bonds is 7. The van der Waals surface area contributed by atoms with E-state index in [0.29, 0.717) is 53.1 Å². The van der Waals surface area contributed by atoms with Crippen molar-refractivity contribution >= 4 is 23.2 Å². The first-order valence-electron chi connectivity index (χ1n) is 14.5. The summed E-state index contributed by atoms with van der Waals surface area (Å²) >= 11 is 0. The van der Waals surface area contributed by atoms with Crippen molar-refractivity contribution in [2.75, 3.05) is 6.54 Å². The molecule has 0 amide bonds. The lowest BCUT2D eigenvalue weighted by Crippen LogP contribution is -2.45. The molecular weight excluding hydrogens is 593 g/mol. The Balaban J connectivity index is 1.72. The molecule has 2 aromatic carbocycles. The summed E-state index contributed by atoms with van der Waals surface area (Å²) in [5, 5.41) is 21.4. The molecule has 0 bridgehead atoms. The van der Waals surface area contributed by atoms with Crippen molar-refractivity contribution in [1.82, 2.24) is 4.90 Å². The number of allylic oxidation sites excluding steroid dienone is 4. The molecule has 1 aliphatic heterocycles. The highest BCUT2D eigenvalue weighted by atomic mass is 19.4. The van der Waals surface area contributed by atoms with Gasteiger partial charge in [-0.25, -0.2) is 0 Å². The summed E-state index contributed by atoms with van der Waals surface area (Å²) in [5.74, 6) is -2.78. The van der Waals surface area contributed by atoms with Crippen LogP contribution in [0, 0.1) is 20.9 Å². The lowest BCUT2D eigenvalue weighted by atomic mass is 9.63. The number of Topliss-reactive ketones (excluding diaryl/α,β-unsaturated/α-hetero) is 2. The highest BCUT2D eigenvalue weighted by molar-refractivity contribution is 6.07. The number of hydrogen-bond donors (Lipinski definition) is 1. The van der Waals surface area contributed by atoms with Crippen LogP contribution >= 0.6 is 0 Å². The second-order valence-electron chi connectivity index (χ2n) is 13.4. The van der Waals surface area contributed by atoms with Crippen molar-refractivity contribution in [3.8, 4) is 11.5 Å². The number of carbonyl (C=O) groups is 3. The summed E-state index contributed by atoms with van der Waals surface area (Å²) in [6.07, 6.45) is -3.83. The predicted molar refractivity (Wildman–Crippen MR) is 156 cm³/mol. The van der Waals surface area contributed by atoms with Gasteiger partial charge in [0, 0.05) is 59.5 Å². The van der Waals surface area contributed by atoms with Crippen LogP contribution in [0.15, 0.2) is 65.0 Å². The summed E-state index contributed by atoms with van der Waals surface area (Å²) in [7, 11) is 0. The zero-order chi connectivity index (χ0) is 33.1. The van der Waals surface area contributed by atoms with E-state index in [1.54, 1.807) is 18.2 Å². The largest absolute Gasteiger partial charge is 0.481 e. The number of carboxylic acid groups (broad SMARTS) is 1. The first kappa shape index (κ1) is 31.9. The highest BCUT2D eigenvalue weighted by Crippen LogP contribution is 2.56. The van der Waals surface area contributed by atoms with Crippen molar-refractivity contribution < 1.29 is 42.3 Å². The topological polar surface area (TPSA) is 127 Å². The molecule has 0 saturated heterocycles. The normalized spacial score (nSPS) is 19.8. The Morgan fingerprint density at radius 1 is 0.956 bits per heavy atom. The second kappa shape index (κ2) is 11.1. The van der Waals surface area contributed by atoms with Crippen LogP contribution in [0.3, 0.4) is 0 Å². The molecule has 0 spiro atoms. The zero-order valence-corrected chi connectivity index (χ0v) is 25.3. The summed E-state index contributed by atoms with van der Waals surface area (Å²) in [6, 6.07) is 8.34. The fourth-order valence-electron chi connectivity index (χ4n) is 6.69. The maximum atomic E-state index is 14.0. The first-order chi connectivity index (χ1) is 20.9. The van der Waals surface area contributed by atoms with Crippen LogP contribution in [0.4, 0.5) is 18.9 Å². The number of nitro groups is 1. The maximum Gasteiger partial charge on any atom is 0.416 e. The number of para-hydroxylation sites is 1. The fraction of sp³-hybridized carbons (Fsp3) is 0.424. The number of carbonyl (C=O) groups excluding carboxylic acids is 2. The van der Waals surface area contributed by atoms with Gasteiger partial charge in [0.2, 0.25) is 5.75 Å². The number of ketones is 2. The zero-order valence-electron chi connectivity index (χ0n) is 25.3. The second-order valence-corrected chi connectivity index (χ2v) is 13.4. The van der Waals surface area contributed by atoms with E-state index in [1.165, 1.54) is 6.07 Å². The summed E-state index contributed by atoms with van der Waals surface area (Å²) in [6.45, 7) is 7.83. The molecule has 238 valence electrons. The van der Waals surface area contributed by atoms with E-state index in [4.69, 9.17) is 4.74 Å². The number of benzene rings is 2. The minimum atomic E-state index is -4.81. The Morgan fingerprint density at radius 2 is 1.51 bits per heavy atom. The van der Waals surface area contributed by atoms with Gasteiger partial charge in [0.15, 0.2) is 11.6 Å². The van der Waals surface area contributed by atoms with E-state index in [0.717, 1.165) is 6.07 Å². The van der Waals surface area contributed by atoms with Gasteiger partial charge in [-0.1, -0.05) is 45.9 Å². The molecule has 0 saturated carbocycles. The number of nitrogens with zero attached hydrogens (tertiary/aromatic N) is 2. The molecule has 0 radical (unpaired) electrons. The molecule has 12 heteroatoms. The van der Waals surface area contributed by atoms with Gasteiger partial charge in [0.05, 0.1) is 16.9 Å². The first-order valence-corrected chi connectivity index (χ1v) is 14.5. The van der Waals surface area contributed by atoms with Crippen LogP contribution in [-0.2, 0) is 20.6 Å². The van der Waals surface area contributed by atoms with Crippen LogP contribution in [-0.4, -0.2) is 39.0 Å². The molecule has 3 aliphatic rings. The number of nitro benzene ring substituents is 1. The van der Waals surface area contributed by atoms with Gasteiger partial charge in [0.1, 0.15) is 5.75 Å². The van der Waals surface area contributed by atoms with Crippen LogP contribution in [0.1, 0.15) is 76.8 Å². The van der Waals surface area contributed by atoms with Crippen molar-refractivity contribution in [2.45, 2.75) is 71.9 Å². The standard InChI is InChI=1S/C33H33F3N2O7/c1-31(2)14-21-29(23(39)16-31)28(30-22(37(21)12-11-27(41)42)15-32(3,4)17-24(30)40)19-7-5-6-8-25(19)45-26-10-9-18(33(34,35)36)13-20(26)38(43)44/h5-10,13,28H,11-12,14-17H2,1-4H3,(H,41,42). The molecule has 9 nitrogen and oxygen atoms in total. The number of carboxylic acids is 1. The number of ether oxygens (including phenoxy) is 1. The minimum absolute atomic E-state index is 0.0401. The van der Waals surface area contributed by atoms with Crippen LogP contribution in [0.25, 0.3) is 0 Å². The highest BCUT2D eigenvalue weighted by Gasteiger charge is 2.49. The van der Waals surface area contributed by atoms with E-state index >= 15 is 0 Å². The molecule has 45 heavy (non-hydrogen) atoms. The van der Waals surface area contributed by atoms with Crippen molar-refractivity contribution in [1.29, 1.82) is 0 Å². The SMILES string of the molecule is CC1(C)CC(=O)C2=C(C1)N(CCC(=O)O)C1=C(C(=O)CC(C)(C)C1)C2c1ccccc1Oc1ccc(C(F)(F)F)cc1[N+](=O)[O-]. The maximum absolute atomic E-state index is 14.0. The quantitative estimate of drug-likeness (QED) is 0.246. The van der Waals surface area contributed by atoms with Gasteiger partial charge in [-0.3, -0.25) is 24.5 Å². The molecule has 0 aromatic heterocycles. The molecule has 1 N–H and O–H groups in total. The third-order valence-electron chi connectivity index (χ3n) is 8.50. The summed E-state index contributed by atoms with van der Waals surface area (Å²) < 4.78 is 46.0. The van der Waals surface area contributed by atoms with Gasteiger partial charge in [0.25, 0.3) is 0 Å². The van der Waals surface area contributed by atoms with Gasteiger partial charge >= 0.3 is 17.8 Å². The molecule has 0 fully saturated rings. The molecular formula is C33H33F3N2O7. The Hall–Kier alpha value is -4.48. The number of hydrogen-bond acceptors (Lipinski definition) is 7. The number of alkyl halides is 3. The molecule has 0 unspecified atom stereocenters. The Kier molecular flexibility index (Phi) is 7.91. The lowest BCUT2D eigenvalue weighted by Gasteiger charge is -2.49. The summed E-state index contributed by atoms with van der Waals surface area (Å²) in [5.41, 5.74) is -0.729. The Morgan fingerprint density at radius 3 is 2.02 bits per heavy atom. The monoisotopic (exact) mass is 626 g/mol. The van der Waals surface area contributed by atoms with E-state index in [-0.39, 0.29) is 43.1 Å². The van der Waals surface area contributed by atoms with Crippen LogP contribution < -0.4 is 4.74 Å². The van der Waals surface area contributed by atoms with Crippen molar-refractivity contribution in [3.05, 3.63) is 86.2 Å². The van der Waals surface area contributed by atoms with Crippen LogP contribution in [0.2, 0.25) is 0 Å². The molecule has 0 atom stereocenters. The van der Waals surface area contributed by atoms with Gasteiger partial charge < -0.3 is 14.7 Å². The number of aliphatic carboxylic acids is 1. The lowest BCUT2D eigenvalue weighted by molar-refractivity contribution is -0.385. The van der Waals surface area contributed by atoms with E-state index in [2.05, 4.69) is 0 Å². The van der Waals surface area contributed by atoms with Crippen molar-refractivity contribution in [2.24, 2.45) is 10.8 Å². The Labute approximate surface area is 257 Å². The number of halogens is 3. The van der Waals surface area contributed by atoms with Gasteiger partial charge in [-0.05, 0) is 41.9 Å². The minimum Gasteiger partial charge on any atom is -0.481 e. The molecule has 2 aliphatic carbocycles. The molecule has 2 aromatic rings. The average Bonchev–Trinajstić information content (AvgIpc) is 2.90. The van der Waals surface area contributed by atoms with Crippen molar-refractivity contribution in [3.63, 3.8) is 0 Å². The third kappa shape index (κ3) is 6.23. The summed E-state index contributed by atoms with van der Waals surface area (Å²) in [4.78, 5) is 52.3. The van der Waals surface area contributed by atoms with E-state index < -0.39 is 50.8 Å². The molecule has 5 rings (SSSR count). The fourth-order valence-corrected chi connectivity index (χ4v) is 6.69. The third-order valence-corrected chi connectivity index (χ3v) is 8.50. The van der Waals surface area contributed by atoms with Gasteiger partial charge in [-0.15, -0.1) is 0 Å². The van der Waals surface area contributed by atoms with Gasteiger partial charge in [-0.2, -0.15) is 13.2 Å². The smallest absolute Gasteiger partial charge is 0.416 e.